The van der Waals surface area contributed by atoms with E-state index in [4.69, 9.17) is 0 Å². The van der Waals surface area contributed by atoms with Gasteiger partial charge >= 0.3 is 0 Å². The van der Waals surface area contributed by atoms with Gasteiger partial charge in [0.1, 0.15) is 0 Å². The molecule has 78 valence electrons. The number of hydrogen-bond acceptors (Lipinski definition) is 0. The van der Waals surface area contributed by atoms with Crippen molar-refractivity contribution in [2.45, 2.75) is 32.6 Å². The summed E-state index contributed by atoms with van der Waals surface area (Å²) in [4.78, 5) is 0. The maximum atomic E-state index is 4.20. The van der Waals surface area contributed by atoms with E-state index >= 15 is 0 Å². The van der Waals surface area contributed by atoms with E-state index in [1.807, 2.05) is 0 Å². The van der Waals surface area contributed by atoms with Crippen LogP contribution in [0.3, 0.4) is 0 Å². The van der Waals surface area contributed by atoms with Crippen molar-refractivity contribution in [1.29, 1.82) is 0 Å². The third-order valence-electron chi connectivity index (χ3n) is 3.38. The van der Waals surface area contributed by atoms with Gasteiger partial charge in [-0.15, -0.1) is 0 Å². The highest BCUT2D eigenvalue weighted by molar-refractivity contribution is 5.48. The second kappa shape index (κ2) is 3.37. The summed E-state index contributed by atoms with van der Waals surface area (Å²) < 4.78 is 0. The van der Waals surface area contributed by atoms with E-state index in [-0.39, 0.29) is 5.41 Å². The molecule has 0 saturated carbocycles. The Kier molecular flexibility index (Phi) is 2.30. The molecule has 0 bridgehead atoms. The molecule has 0 amide bonds. The van der Waals surface area contributed by atoms with E-state index in [2.05, 4.69) is 57.7 Å². The molecule has 1 aromatic carbocycles. The summed E-state index contributed by atoms with van der Waals surface area (Å²) in [5.41, 5.74) is 5.54. The molecular formula is C15H18. The Labute approximate surface area is 92.3 Å². The first-order valence-corrected chi connectivity index (χ1v) is 5.47. The van der Waals surface area contributed by atoms with Crippen LogP contribution in [0.5, 0.6) is 0 Å². The predicted octanol–water partition coefficient (Wildman–Crippen LogP) is 4.02. The summed E-state index contributed by atoms with van der Waals surface area (Å²) in [6.45, 7) is 10.9. The quantitative estimate of drug-likeness (QED) is 0.590. The van der Waals surface area contributed by atoms with Gasteiger partial charge in [0, 0.05) is 5.41 Å². The molecule has 0 aromatic heterocycles. The number of fused-ring (bicyclic) bond motifs is 1. The molecule has 0 saturated heterocycles. The second-order valence-corrected chi connectivity index (χ2v) is 4.97. The topological polar surface area (TPSA) is 0 Å². The monoisotopic (exact) mass is 198 g/mol. The molecule has 0 atom stereocenters. The lowest BCUT2D eigenvalue weighted by molar-refractivity contribution is 0.639. The molecule has 2 rings (SSSR count). The highest BCUT2D eigenvalue weighted by atomic mass is 14.3. The van der Waals surface area contributed by atoms with Crippen LogP contribution in [0, 0.1) is 0 Å². The molecule has 1 aromatic rings. The van der Waals surface area contributed by atoms with Crippen LogP contribution in [0.15, 0.2) is 48.1 Å². The Morgan fingerprint density at radius 1 is 1.20 bits per heavy atom. The third kappa shape index (κ3) is 1.65. The lowest BCUT2D eigenvalue weighted by Crippen LogP contribution is -2.19. The largest absolute Gasteiger partial charge is 0.0949 e. The van der Waals surface area contributed by atoms with E-state index in [0.29, 0.717) is 0 Å². The summed E-state index contributed by atoms with van der Waals surface area (Å²) >= 11 is 0. The molecule has 0 unspecified atom stereocenters. The van der Waals surface area contributed by atoms with Crippen molar-refractivity contribution in [3.8, 4) is 0 Å². The van der Waals surface area contributed by atoms with E-state index < -0.39 is 0 Å². The summed E-state index contributed by atoms with van der Waals surface area (Å²) in [6, 6.07) is 8.70. The Balaban J connectivity index is 2.65. The van der Waals surface area contributed by atoms with Gasteiger partial charge in [-0.2, -0.15) is 0 Å². The van der Waals surface area contributed by atoms with Gasteiger partial charge in [-0.3, -0.25) is 0 Å². The average Bonchev–Trinajstić information content (AvgIpc) is 2.24. The lowest BCUT2D eigenvalue weighted by Gasteiger charge is -2.27. The molecule has 1 aliphatic carbocycles. The zero-order chi connectivity index (χ0) is 11.1. The SMILES string of the molecule is C=C1C=C(C)Cc2ccccc2C1(C)C. The lowest BCUT2D eigenvalue weighted by atomic mass is 9.77. The molecule has 0 radical (unpaired) electrons. The zero-order valence-corrected chi connectivity index (χ0v) is 9.80. The molecule has 1 aliphatic rings. The summed E-state index contributed by atoms with van der Waals surface area (Å²) in [7, 11) is 0. The Morgan fingerprint density at radius 2 is 1.87 bits per heavy atom. The standard InChI is InChI=1S/C15H18/c1-11-9-12(2)15(3,4)14-8-6-5-7-13(14)10-11/h5-9H,2,10H2,1,3-4H3. The first-order valence-electron chi connectivity index (χ1n) is 5.47. The van der Waals surface area contributed by atoms with Crippen molar-refractivity contribution in [2.75, 3.05) is 0 Å². The van der Waals surface area contributed by atoms with Crippen molar-refractivity contribution in [2.24, 2.45) is 0 Å². The number of benzene rings is 1. The van der Waals surface area contributed by atoms with Crippen LogP contribution in [-0.2, 0) is 11.8 Å². The van der Waals surface area contributed by atoms with Gasteiger partial charge in [-0.05, 0) is 30.0 Å². The van der Waals surface area contributed by atoms with E-state index in [1.54, 1.807) is 0 Å². The molecule has 15 heavy (non-hydrogen) atoms. The van der Waals surface area contributed by atoms with E-state index in [1.165, 1.54) is 22.3 Å². The number of rotatable bonds is 0. The first kappa shape index (κ1) is 10.2. The summed E-state index contributed by atoms with van der Waals surface area (Å²) in [5, 5.41) is 0. The van der Waals surface area contributed by atoms with Crippen LogP contribution in [0.4, 0.5) is 0 Å². The Bertz CT molecular complexity index is 433. The summed E-state index contributed by atoms with van der Waals surface area (Å²) in [5.74, 6) is 0. The van der Waals surface area contributed by atoms with Crippen LogP contribution in [0.1, 0.15) is 31.9 Å². The fourth-order valence-corrected chi connectivity index (χ4v) is 2.29. The van der Waals surface area contributed by atoms with Gasteiger partial charge in [0.05, 0.1) is 0 Å². The van der Waals surface area contributed by atoms with Crippen molar-refractivity contribution >= 4 is 0 Å². The molecular weight excluding hydrogens is 180 g/mol. The van der Waals surface area contributed by atoms with Gasteiger partial charge in [0.25, 0.3) is 0 Å². The van der Waals surface area contributed by atoms with Crippen LogP contribution < -0.4 is 0 Å². The minimum Gasteiger partial charge on any atom is -0.0949 e. The fourth-order valence-electron chi connectivity index (χ4n) is 2.29. The zero-order valence-electron chi connectivity index (χ0n) is 9.80. The normalized spacial score (nSPS) is 19.1. The van der Waals surface area contributed by atoms with Crippen LogP contribution in [0.25, 0.3) is 0 Å². The number of hydrogen-bond donors (Lipinski definition) is 0. The van der Waals surface area contributed by atoms with Gasteiger partial charge in [-0.1, -0.05) is 56.3 Å². The molecule has 0 fully saturated rings. The molecule has 0 nitrogen and oxygen atoms in total. The maximum Gasteiger partial charge on any atom is 0.0143 e. The minimum atomic E-state index is 0.0638. The second-order valence-electron chi connectivity index (χ2n) is 4.97. The molecule has 0 aliphatic heterocycles. The van der Waals surface area contributed by atoms with Crippen molar-refractivity contribution < 1.29 is 0 Å². The van der Waals surface area contributed by atoms with Crippen molar-refractivity contribution in [3.05, 3.63) is 59.2 Å². The van der Waals surface area contributed by atoms with Gasteiger partial charge < -0.3 is 0 Å². The van der Waals surface area contributed by atoms with Crippen LogP contribution >= 0.6 is 0 Å². The highest BCUT2D eigenvalue weighted by Crippen LogP contribution is 2.37. The fraction of sp³-hybridized carbons (Fsp3) is 0.333. The predicted molar refractivity (Wildman–Crippen MR) is 66.1 cm³/mol. The first-order chi connectivity index (χ1) is 7.01. The molecule has 0 spiro atoms. The van der Waals surface area contributed by atoms with Crippen LogP contribution in [-0.4, -0.2) is 0 Å². The van der Waals surface area contributed by atoms with Crippen LogP contribution in [0.2, 0.25) is 0 Å². The third-order valence-corrected chi connectivity index (χ3v) is 3.38. The van der Waals surface area contributed by atoms with Crippen molar-refractivity contribution in [1.82, 2.24) is 0 Å². The molecule has 0 heterocycles. The van der Waals surface area contributed by atoms with E-state index in [0.717, 1.165) is 6.42 Å². The molecule has 0 heteroatoms. The maximum absolute atomic E-state index is 4.20. The van der Waals surface area contributed by atoms with Gasteiger partial charge in [0.2, 0.25) is 0 Å². The average molecular weight is 198 g/mol. The minimum absolute atomic E-state index is 0.0638. The Morgan fingerprint density at radius 3 is 2.60 bits per heavy atom. The van der Waals surface area contributed by atoms with E-state index in [9.17, 15) is 0 Å². The summed E-state index contributed by atoms with van der Waals surface area (Å²) in [6.07, 6.45) is 3.29. The highest BCUT2D eigenvalue weighted by Gasteiger charge is 2.27. The number of allylic oxidation sites excluding steroid dienone is 3. The molecule has 0 N–H and O–H groups in total. The van der Waals surface area contributed by atoms with Crippen molar-refractivity contribution in [3.63, 3.8) is 0 Å². The smallest absolute Gasteiger partial charge is 0.0143 e. The Hall–Kier alpha value is -1.30. The van der Waals surface area contributed by atoms with Gasteiger partial charge in [0.15, 0.2) is 0 Å². The van der Waals surface area contributed by atoms with Gasteiger partial charge in [-0.25, -0.2) is 0 Å².